The molecule has 2 rings (SSSR count). The van der Waals surface area contributed by atoms with Gasteiger partial charge in [-0.3, -0.25) is 0 Å². The maximum absolute atomic E-state index is 12.0. The van der Waals surface area contributed by atoms with E-state index in [1.807, 2.05) is 0 Å². The summed E-state index contributed by atoms with van der Waals surface area (Å²) in [7, 11) is -0.946. The van der Waals surface area contributed by atoms with Crippen molar-refractivity contribution in [2.75, 3.05) is 14.2 Å². The maximum Gasteiger partial charge on any atom is 0.291 e. The minimum Gasteiger partial charge on any atom is -0.494 e. The standard InChI is InChI=1S/C13H11Cl2NO4S2/c1-19-12-8(6-9(14)13(20-2)11(12)15)7-16-22(17,18)10-4-3-5-21-10/h3-7H,1-2H3/b16-7-. The fourth-order valence-electron chi connectivity index (χ4n) is 1.68. The van der Waals surface area contributed by atoms with Crippen LogP contribution in [0.2, 0.25) is 10.0 Å². The van der Waals surface area contributed by atoms with E-state index in [0.29, 0.717) is 5.56 Å². The lowest BCUT2D eigenvalue weighted by Crippen LogP contribution is -1.99. The summed E-state index contributed by atoms with van der Waals surface area (Å²) < 4.78 is 38.1. The second-order valence-corrected chi connectivity index (χ2v) is 7.56. The van der Waals surface area contributed by atoms with Gasteiger partial charge in [0.25, 0.3) is 10.0 Å². The number of rotatable bonds is 5. The molecule has 1 aromatic carbocycles. The van der Waals surface area contributed by atoms with Gasteiger partial charge in [-0.25, -0.2) is 0 Å². The number of ether oxygens (including phenoxy) is 2. The lowest BCUT2D eigenvalue weighted by molar-refractivity contribution is 0.394. The molecular formula is C13H11Cl2NO4S2. The van der Waals surface area contributed by atoms with Gasteiger partial charge in [-0.2, -0.15) is 12.8 Å². The molecule has 0 aliphatic carbocycles. The van der Waals surface area contributed by atoms with Crippen LogP contribution in [0.4, 0.5) is 0 Å². The molecule has 22 heavy (non-hydrogen) atoms. The summed E-state index contributed by atoms with van der Waals surface area (Å²) in [5.74, 6) is 0.478. The number of thiophene rings is 1. The second kappa shape index (κ2) is 6.87. The van der Waals surface area contributed by atoms with Crippen molar-refractivity contribution in [3.8, 4) is 11.5 Å². The Morgan fingerprint density at radius 1 is 1.23 bits per heavy atom. The summed E-state index contributed by atoms with van der Waals surface area (Å²) >= 11 is 13.2. The fourth-order valence-corrected chi connectivity index (χ4v) is 4.22. The molecule has 0 radical (unpaired) electrons. The van der Waals surface area contributed by atoms with E-state index in [4.69, 9.17) is 32.7 Å². The van der Waals surface area contributed by atoms with E-state index in [-0.39, 0.29) is 25.8 Å². The van der Waals surface area contributed by atoms with Crippen LogP contribution in [0.3, 0.4) is 0 Å². The third kappa shape index (κ3) is 3.38. The summed E-state index contributed by atoms with van der Waals surface area (Å²) in [6.45, 7) is 0. The summed E-state index contributed by atoms with van der Waals surface area (Å²) in [6, 6.07) is 4.58. The zero-order valence-corrected chi connectivity index (χ0v) is 14.7. The number of hydrogen-bond donors (Lipinski definition) is 0. The highest BCUT2D eigenvalue weighted by Gasteiger charge is 2.18. The molecular weight excluding hydrogens is 369 g/mol. The van der Waals surface area contributed by atoms with E-state index < -0.39 is 10.0 Å². The SMILES string of the molecule is COc1c(Cl)cc(/C=N\S(=O)(=O)c2cccs2)c(OC)c1Cl. The van der Waals surface area contributed by atoms with Crippen molar-refractivity contribution < 1.29 is 17.9 Å². The Labute approximate surface area is 142 Å². The smallest absolute Gasteiger partial charge is 0.291 e. The van der Waals surface area contributed by atoms with E-state index in [1.165, 1.54) is 26.4 Å². The van der Waals surface area contributed by atoms with Crippen molar-refractivity contribution in [2.24, 2.45) is 4.40 Å². The molecule has 0 aliphatic rings. The first-order chi connectivity index (χ1) is 10.4. The van der Waals surface area contributed by atoms with E-state index >= 15 is 0 Å². The van der Waals surface area contributed by atoms with Crippen LogP contribution < -0.4 is 9.47 Å². The van der Waals surface area contributed by atoms with Gasteiger partial charge in [0.05, 0.1) is 25.5 Å². The molecule has 0 saturated carbocycles. The van der Waals surface area contributed by atoms with Crippen LogP contribution in [-0.2, 0) is 10.0 Å². The monoisotopic (exact) mass is 379 g/mol. The number of benzene rings is 1. The molecule has 0 unspecified atom stereocenters. The molecule has 9 heteroatoms. The molecule has 0 atom stereocenters. The van der Waals surface area contributed by atoms with Gasteiger partial charge >= 0.3 is 0 Å². The van der Waals surface area contributed by atoms with Crippen LogP contribution in [0.5, 0.6) is 11.5 Å². The number of methoxy groups -OCH3 is 2. The van der Waals surface area contributed by atoms with Crippen LogP contribution in [0.15, 0.2) is 32.2 Å². The second-order valence-electron chi connectivity index (χ2n) is 3.97. The van der Waals surface area contributed by atoms with Crippen LogP contribution in [0, 0.1) is 0 Å². The summed E-state index contributed by atoms with van der Waals surface area (Å²) in [6.07, 6.45) is 1.14. The molecule has 0 saturated heterocycles. The molecule has 1 heterocycles. The third-order valence-electron chi connectivity index (χ3n) is 2.65. The average Bonchev–Trinajstić information content (AvgIpc) is 3.00. The van der Waals surface area contributed by atoms with Crippen molar-refractivity contribution in [2.45, 2.75) is 4.21 Å². The van der Waals surface area contributed by atoms with Crippen molar-refractivity contribution in [1.29, 1.82) is 0 Å². The number of halogens is 2. The number of nitrogens with zero attached hydrogens (tertiary/aromatic N) is 1. The van der Waals surface area contributed by atoms with E-state index in [1.54, 1.807) is 11.4 Å². The van der Waals surface area contributed by atoms with Crippen LogP contribution in [0.1, 0.15) is 5.56 Å². The fraction of sp³-hybridized carbons (Fsp3) is 0.154. The van der Waals surface area contributed by atoms with Gasteiger partial charge in [0, 0.05) is 5.56 Å². The van der Waals surface area contributed by atoms with Crippen LogP contribution in [0.25, 0.3) is 0 Å². The van der Waals surface area contributed by atoms with E-state index in [0.717, 1.165) is 17.6 Å². The summed E-state index contributed by atoms with van der Waals surface area (Å²) in [5.41, 5.74) is 0.332. The number of hydrogen-bond acceptors (Lipinski definition) is 5. The highest BCUT2D eigenvalue weighted by atomic mass is 35.5. The minimum absolute atomic E-state index is 0.146. The summed E-state index contributed by atoms with van der Waals surface area (Å²) in [5, 5.41) is 2.03. The minimum atomic E-state index is -3.77. The van der Waals surface area contributed by atoms with Crippen LogP contribution >= 0.6 is 34.5 Å². The van der Waals surface area contributed by atoms with Gasteiger partial charge in [-0.1, -0.05) is 29.3 Å². The molecule has 5 nitrogen and oxygen atoms in total. The quantitative estimate of drug-likeness (QED) is 0.739. The van der Waals surface area contributed by atoms with Gasteiger partial charge in [0.2, 0.25) is 0 Å². The molecule has 2 aromatic rings. The zero-order chi connectivity index (χ0) is 16.3. The molecule has 0 fully saturated rings. The Morgan fingerprint density at radius 3 is 2.45 bits per heavy atom. The Bertz CT molecular complexity index is 802. The van der Waals surface area contributed by atoms with Crippen molar-refractivity contribution in [3.05, 3.63) is 39.2 Å². The topological polar surface area (TPSA) is 65.0 Å². The van der Waals surface area contributed by atoms with Crippen LogP contribution in [-0.4, -0.2) is 28.9 Å². The maximum atomic E-state index is 12.0. The lowest BCUT2D eigenvalue weighted by atomic mass is 10.2. The first-order valence-corrected chi connectivity index (χ1v) is 8.92. The predicted octanol–water partition coefficient (Wildman–Crippen LogP) is 3.88. The molecule has 0 N–H and O–H groups in total. The Morgan fingerprint density at radius 2 is 1.91 bits per heavy atom. The molecule has 0 amide bonds. The van der Waals surface area contributed by atoms with Crippen molar-refractivity contribution in [1.82, 2.24) is 0 Å². The lowest BCUT2D eigenvalue weighted by Gasteiger charge is -2.12. The molecule has 0 spiro atoms. The Kier molecular flexibility index (Phi) is 5.33. The van der Waals surface area contributed by atoms with Gasteiger partial charge < -0.3 is 9.47 Å². The highest BCUT2D eigenvalue weighted by Crippen LogP contribution is 2.41. The third-order valence-corrected chi connectivity index (χ3v) is 5.88. The Balaban J connectivity index is 2.48. The van der Waals surface area contributed by atoms with Gasteiger partial charge in [0.15, 0.2) is 5.75 Å². The molecule has 118 valence electrons. The first kappa shape index (κ1) is 17.1. The summed E-state index contributed by atoms with van der Waals surface area (Å²) in [4.78, 5) is 0. The van der Waals surface area contributed by atoms with Gasteiger partial charge in [-0.05, 0) is 17.5 Å². The molecule has 0 aliphatic heterocycles. The normalized spacial score (nSPS) is 11.8. The zero-order valence-electron chi connectivity index (χ0n) is 11.5. The predicted molar refractivity (Wildman–Crippen MR) is 88.7 cm³/mol. The van der Waals surface area contributed by atoms with Gasteiger partial charge in [0.1, 0.15) is 15.0 Å². The van der Waals surface area contributed by atoms with E-state index in [9.17, 15) is 8.42 Å². The van der Waals surface area contributed by atoms with E-state index in [2.05, 4.69) is 4.40 Å². The largest absolute Gasteiger partial charge is 0.494 e. The average molecular weight is 380 g/mol. The molecule has 1 aromatic heterocycles. The highest BCUT2D eigenvalue weighted by molar-refractivity contribution is 7.92. The first-order valence-electron chi connectivity index (χ1n) is 5.84. The van der Waals surface area contributed by atoms with Crippen molar-refractivity contribution >= 4 is 50.8 Å². The number of sulfonamides is 1. The van der Waals surface area contributed by atoms with Gasteiger partial charge in [-0.15, -0.1) is 11.3 Å². The Hall–Kier alpha value is -1.28. The van der Waals surface area contributed by atoms with Crippen molar-refractivity contribution in [3.63, 3.8) is 0 Å². The molecule has 0 bridgehead atoms.